The number of ether oxygens (including phenoxy) is 1. The van der Waals surface area contributed by atoms with Gasteiger partial charge in [-0.1, -0.05) is 49.4 Å². The molecule has 0 unspecified atom stereocenters. The van der Waals surface area contributed by atoms with Crippen molar-refractivity contribution in [3.8, 4) is 5.75 Å². The van der Waals surface area contributed by atoms with Gasteiger partial charge in [-0.3, -0.25) is 14.4 Å². The van der Waals surface area contributed by atoms with E-state index in [2.05, 4.69) is 5.32 Å². The SMILES string of the molecule is CCCOc1ccc(C(=O)[C@@H]2[C@H](C(=O)c3ccc(F)cc3)N3C=Cc4ccccc4[C@H]3[C@]23C(=O)Nc2ccccc23)cc1. The van der Waals surface area contributed by atoms with Crippen LogP contribution in [0.15, 0.2) is 103 Å². The van der Waals surface area contributed by atoms with Gasteiger partial charge in [0, 0.05) is 23.0 Å². The second-order valence-corrected chi connectivity index (χ2v) is 11.2. The first kappa shape index (κ1) is 26.8. The van der Waals surface area contributed by atoms with Crippen LogP contribution in [0, 0.1) is 11.7 Å². The zero-order valence-corrected chi connectivity index (χ0v) is 23.5. The third-order valence-corrected chi connectivity index (χ3v) is 8.86. The van der Waals surface area contributed by atoms with Crippen LogP contribution in [0.5, 0.6) is 5.75 Å². The number of carbonyl (C=O) groups is 3. The number of carbonyl (C=O) groups excluding carboxylic acids is 3. The maximum atomic E-state index is 14.9. The molecule has 3 heterocycles. The molecule has 4 atom stereocenters. The predicted molar refractivity (Wildman–Crippen MR) is 161 cm³/mol. The summed E-state index contributed by atoms with van der Waals surface area (Å²) in [6.07, 6.45) is 4.58. The fraction of sp³-hybridized carbons (Fsp3) is 0.194. The molecule has 7 rings (SSSR count). The zero-order chi connectivity index (χ0) is 29.7. The van der Waals surface area contributed by atoms with Crippen LogP contribution in [0.2, 0.25) is 0 Å². The van der Waals surface area contributed by atoms with Crippen LogP contribution in [0.3, 0.4) is 0 Å². The van der Waals surface area contributed by atoms with Gasteiger partial charge in [0.25, 0.3) is 0 Å². The minimum Gasteiger partial charge on any atom is -0.494 e. The molecular formula is C36H29FN2O4. The third-order valence-electron chi connectivity index (χ3n) is 8.86. The molecule has 214 valence electrons. The van der Waals surface area contributed by atoms with Gasteiger partial charge in [0.15, 0.2) is 11.6 Å². The van der Waals surface area contributed by atoms with E-state index in [-0.39, 0.29) is 23.0 Å². The highest BCUT2D eigenvalue weighted by Crippen LogP contribution is 2.62. The molecule has 0 aliphatic carbocycles. The van der Waals surface area contributed by atoms with E-state index in [1.807, 2.05) is 72.6 Å². The molecule has 0 radical (unpaired) electrons. The van der Waals surface area contributed by atoms with Crippen molar-refractivity contribution < 1.29 is 23.5 Å². The van der Waals surface area contributed by atoms with Gasteiger partial charge < -0.3 is 15.0 Å². The van der Waals surface area contributed by atoms with Crippen molar-refractivity contribution in [2.24, 2.45) is 5.92 Å². The maximum absolute atomic E-state index is 14.9. The van der Waals surface area contributed by atoms with E-state index < -0.39 is 29.2 Å². The van der Waals surface area contributed by atoms with Crippen molar-refractivity contribution in [1.29, 1.82) is 0 Å². The molecule has 6 nitrogen and oxygen atoms in total. The fourth-order valence-corrected chi connectivity index (χ4v) is 7.07. The number of rotatable bonds is 7. The number of amides is 1. The highest BCUT2D eigenvalue weighted by molar-refractivity contribution is 6.16. The molecule has 1 amide bonds. The molecule has 1 spiro atoms. The van der Waals surface area contributed by atoms with Gasteiger partial charge in [0.2, 0.25) is 5.91 Å². The molecular weight excluding hydrogens is 543 g/mol. The molecule has 43 heavy (non-hydrogen) atoms. The number of fused-ring (bicyclic) bond motifs is 6. The fourth-order valence-electron chi connectivity index (χ4n) is 7.07. The Morgan fingerprint density at radius 3 is 2.33 bits per heavy atom. The average Bonchev–Trinajstić information content (AvgIpc) is 3.52. The number of nitrogens with zero attached hydrogens (tertiary/aromatic N) is 1. The Morgan fingerprint density at radius 2 is 1.56 bits per heavy atom. The molecule has 1 saturated heterocycles. The lowest BCUT2D eigenvalue weighted by atomic mass is 9.62. The molecule has 1 N–H and O–H groups in total. The van der Waals surface area contributed by atoms with Gasteiger partial charge in [-0.05, 0) is 83.8 Å². The lowest BCUT2D eigenvalue weighted by Crippen LogP contribution is -2.49. The monoisotopic (exact) mass is 572 g/mol. The molecule has 3 aliphatic heterocycles. The Kier molecular flexibility index (Phi) is 6.46. The number of halogens is 1. The minimum absolute atomic E-state index is 0.266. The van der Waals surface area contributed by atoms with E-state index >= 15 is 0 Å². The topological polar surface area (TPSA) is 75.7 Å². The molecule has 4 aromatic carbocycles. The van der Waals surface area contributed by atoms with E-state index in [9.17, 15) is 18.8 Å². The Labute approximate surface area is 248 Å². The van der Waals surface area contributed by atoms with Gasteiger partial charge in [0.05, 0.1) is 18.6 Å². The molecule has 4 aromatic rings. The van der Waals surface area contributed by atoms with Crippen LogP contribution < -0.4 is 10.1 Å². The van der Waals surface area contributed by atoms with Crippen LogP contribution in [0.4, 0.5) is 10.1 Å². The Balaban J connectivity index is 1.47. The van der Waals surface area contributed by atoms with Gasteiger partial charge in [-0.25, -0.2) is 4.39 Å². The minimum atomic E-state index is -1.42. The third kappa shape index (κ3) is 4.02. The van der Waals surface area contributed by atoms with Crippen LogP contribution in [0.1, 0.15) is 56.8 Å². The number of Topliss-reactive ketones (excluding diaryl/α,β-unsaturated/α-hetero) is 2. The van der Waals surface area contributed by atoms with E-state index in [4.69, 9.17) is 4.74 Å². The van der Waals surface area contributed by atoms with E-state index in [1.165, 1.54) is 24.3 Å². The van der Waals surface area contributed by atoms with Crippen LogP contribution in [-0.2, 0) is 10.2 Å². The molecule has 3 aliphatic rings. The second kappa shape index (κ2) is 10.3. The maximum Gasteiger partial charge on any atom is 0.238 e. The first-order chi connectivity index (χ1) is 20.9. The average molecular weight is 573 g/mol. The highest BCUT2D eigenvalue weighted by atomic mass is 19.1. The Morgan fingerprint density at radius 1 is 0.884 bits per heavy atom. The highest BCUT2D eigenvalue weighted by Gasteiger charge is 2.70. The van der Waals surface area contributed by atoms with Crippen LogP contribution >= 0.6 is 0 Å². The summed E-state index contributed by atoms with van der Waals surface area (Å²) in [6, 6.07) is 25.7. The normalized spacial score (nSPS) is 23.0. The number of hydrogen-bond acceptors (Lipinski definition) is 5. The summed E-state index contributed by atoms with van der Waals surface area (Å²) >= 11 is 0. The van der Waals surface area contributed by atoms with E-state index in [0.717, 1.165) is 17.5 Å². The zero-order valence-electron chi connectivity index (χ0n) is 23.5. The summed E-state index contributed by atoms with van der Waals surface area (Å²) in [7, 11) is 0. The number of nitrogens with one attached hydrogen (secondary N) is 1. The molecule has 7 heteroatoms. The standard InChI is InChI=1S/C36H29FN2O4/c1-2-21-43-26-17-13-23(14-18-26)32(40)30-31(33(41)24-11-15-25(37)16-12-24)39-20-19-22-7-3-4-8-27(22)34(39)36(30)28-9-5-6-10-29(28)38-35(36)42/h3-20,30-31,34H,2,21H2,1H3,(H,38,42)/t30-,31+,34-,36+/m0/s1. The summed E-state index contributed by atoms with van der Waals surface area (Å²) in [5.74, 6) is -1.94. The first-order valence-corrected chi connectivity index (χ1v) is 14.5. The van der Waals surface area contributed by atoms with Crippen molar-refractivity contribution in [1.82, 2.24) is 4.90 Å². The van der Waals surface area contributed by atoms with Crippen LogP contribution in [0.25, 0.3) is 6.08 Å². The lowest BCUT2D eigenvalue weighted by Gasteiger charge is -2.38. The smallest absolute Gasteiger partial charge is 0.238 e. The quantitative estimate of drug-likeness (QED) is 0.253. The van der Waals surface area contributed by atoms with Crippen molar-refractivity contribution in [2.45, 2.75) is 30.8 Å². The number of hydrogen-bond donors (Lipinski definition) is 1. The lowest BCUT2D eigenvalue weighted by molar-refractivity contribution is -0.122. The second-order valence-electron chi connectivity index (χ2n) is 11.2. The van der Waals surface area contributed by atoms with Gasteiger partial charge in [-0.15, -0.1) is 0 Å². The van der Waals surface area contributed by atoms with Crippen molar-refractivity contribution >= 4 is 29.2 Å². The predicted octanol–water partition coefficient (Wildman–Crippen LogP) is 6.60. The summed E-state index contributed by atoms with van der Waals surface area (Å²) in [5, 5.41) is 3.05. The number of anilines is 1. The van der Waals surface area contributed by atoms with Gasteiger partial charge >= 0.3 is 0 Å². The summed E-state index contributed by atoms with van der Waals surface area (Å²) in [5.41, 5.74) is 2.28. The largest absolute Gasteiger partial charge is 0.494 e. The van der Waals surface area contributed by atoms with Gasteiger partial charge in [-0.2, -0.15) is 0 Å². The van der Waals surface area contributed by atoms with Crippen LogP contribution in [-0.4, -0.2) is 35.0 Å². The van der Waals surface area contributed by atoms with Gasteiger partial charge in [0.1, 0.15) is 23.0 Å². The van der Waals surface area contributed by atoms with Crippen molar-refractivity contribution in [3.05, 3.63) is 137 Å². The van der Waals surface area contributed by atoms with Crippen molar-refractivity contribution in [2.75, 3.05) is 11.9 Å². The van der Waals surface area contributed by atoms with Crippen molar-refractivity contribution in [3.63, 3.8) is 0 Å². The summed E-state index contributed by atoms with van der Waals surface area (Å²) in [4.78, 5) is 45.7. The summed E-state index contributed by atoms with van der Waals surface area (Å²) < 4.78 is 19.6. The number of ketones is 2. The Hall–Kier alpha value is -5.04. The molecule has 0 aromatic heterocycles. The Bertz CT molecular complexity index is 1780. The molecule has 0 saturated carbocycles. The molecule has 1 fully saturated rings. The summed E-state index contributed by atoms with van der Waals surface area (Å²) in [6.45, 7) is 2.56. The first-order valence-electron chi connectivity index (χ1n) is 14.5. The number of para-hydroxylation sites is 1. The number of benzene rings is 4. The van der Waals surface area contributed by atoms with E-state index in [0.29, 0.717) is 29.2 Å². The molecule has 0 bridgehead atoms. The van der Waals surface area contributed by atoms with E-state index in [1.54, 1.807) is 24.3 Å².